The number of halogens is 2. The Morgan fingerprint density at radius 3 is 2.55 bits per heavy atom. The van der Waals surface area contributed by atoms with E-state index < -0.39 is 15.8 Å². The molecule has 0 unspecified atom stereocenters. The van der Waals surface area contributed by atoms with Gasteiger partial charge in [0.15, 0.2) is 0 Å². The van der Waals surface area contributed by atoms with E-state index in [1.165, 1.54) is 18.2 Å². The fourth-order valence-corrected chi connectivity index (χ4v) is 4.76. The molecule has 0 bridgehead atoms. The minimum absolute atomic E-state index is 0.00798. The van der Waals surface area contributed by atoms with E-state index in [4.69, 9.17) is 11.6 Å². The first-order valence-electron chi connectivity index (χ1n) is 9.09. The Hall–Kier alpha value is -1.77. The zero-order chi connectivity index (χ0) is 21.3. The molecule has 0 aliphatic rings. The van der Waals surface area contributed by atoms with Crippen molar-refractivity contribution < 1.29 is 17.6 Å². The van der Waals surface area contributed by atoms with E-state index in [-0.39, 0.29) is 24.6 Å². The standard InChI is InChI=1S/C20H24ClFN2O3S2/c1-29(26,27)24(19-10-5-4-9-18(19)22)13-6-11-20(25)23-12-14-28-15-16-7-2-3-8-17(16)21/h2-5,7-10H,6,11-15H2,1H3,(H,23,25). The number of amides is 1. The number of nitrogens with one attached hydrogen (secondary N) is 1. The minimum atomic E-state index is -3.65. The highest BCUT2D eigenvalue weighted by Crippen LogP contribution is 2.22. The fraction of sp³-hybridized carbons (Fsp3) is 0.350. The fourth-order valence-electron chi connectivity index (χ4n) is 2.65. The first-order valence-corrected chi connectivity index (χ1v) is 12.5. The Kier molecular flexibility index (Phi) is 9.26. The summed E-state index contributed by atoms with van der Waals surface area (Å²) >= 11 is 7.77. The van der Waals surface area contributed by atoms with Gasteiger partial charge in [-0.1, -0.05) is 41.9 Å². The van der Waals surface area contributed by atoms with Gasteiger partial charge in [-0.2, -0.15) is 11.8 Å². The van der Waals surface area contributed by atoms with E-state index in [1.807, 2.05) is 24.3 Å². The van der Waals surface area contributed by atoms with Crippen LogP contribution in [-0.2, 0) is 20.6 Å². The molecule has 0 aliphatic carbocycles. The van der Waals surface area contributed by atoms with Gasteiger partial charge in [-0.3, -0.25) is 9.10 Å². The second-order valence-corrected chi connectivity index (χ2v) is 9.80. The van der Waals surface area contributed by atoms with Gasteiger partial charge < -0.3 is 5.32 Å². The predicted octanol–water partition coefficient (Wildman–Crippen LogP) is 4.07. The van der Waals surface area contributed by atoms with Gasteiger partial charge >= 0.3 is 0 Å². The van der Waals surface area contributed by atoms with Crippen molar-refractivity contribution in [2.45, 2.75) is 18.6 Å². The molecule has 1 N–H and O–H groups in total. The van der Waals surface area contributed by atoms with Crippen molar-refractivity contribution in [2.75, 3.05) is 29.4 Å². The average molecular weight is 459 g/mol. The number of para-hydroxylation sites is 1. The van der Waals surface area contributed by atoms with Crippen molar-refractivity contribution in [3.8, 4) is 0 Å². The molecule has 158 valence electrons. The predicted molar refractivity (Wildman–Crippen MR) is 118 cm³/mol. The SMILES string of the molecule is CS(=O)(=O)N(CCCC(=O)NCCSCc1ccccc1Cl)c1ccccc1F. The number of nitrogens with zero attached hydrogens (tertiary/aromatic N) is 1. The van der Waals surface area contributed by atoms with Crippen LogP contribution < -0.4 is 9.62 Å². The largest absolute Gasteiger partial charge is 0.355 e. The molecule has 2 aromatic rings. The molecule has 0 fully saturated rings. The summed E-state index contributed by atoms with van der Waals surface area (Å²) in [6, 6.07) is 13.3. The monoisotopic (exact) mass is 458 g/mol. The molecule has 5 nitrogen and oxygen atoms in total. The van der Waals surface area contributed by atoms with Gasteiger partial charge in [0.1, 0.15) is 5.82 Å². The number of benzene rings is 2. The van der Waals surface area contributed by atoms with E-state index in [0.29, 0.717) is 13.0 Å². The maximum Gasteiger partial charge on any atom is 0.232 e. The van der Waals surface area contributed by atoms with Crippen molar-refractivity contribution in [3.05, 3.63) is 64.9 Å². The second kappa shape index (κ2) is 11.4. The van der Waals surface area contributed by atoms with Crippen LogP contribution in [0.15, 0.2) is 48.5 Å². The molecule has 0 heterocycles. The van der Waals surface area contributed by atoms with Crippen LogP contribution in [0.25, 0.3) is 0 Å². The molecule has 9 heteroatoms. The Labute approximate surface area is 180 Å². The van der Waals surface area contributed by atoms with E-state index in [2.05, 4.69) is 5.32 Å². The summed E-state index contributed by atoms with van der Waals surface area (Å²) in [5.74, 6) is 0.728. The van der Waals surface area contributed by atoms with Crippen LogP contribution in [0.2, 0.25) is 5.02 Å². The Morgan fingerprint density at radius 2 is 1.86 bits per heavy atom. The molecule has 0 radical (unpaired) electrons. The number of carbonyl (C=O) groups excluding carboxylic acids is 1. The zero-order valence-electron chi connectivity index (χ0n) is 16.1. The number of hydrogen-bond acceptors (Lipinski definition) is 4. The molecule has 1 amide bonds. The molecule has 0 saturated carbocycles. The third kappa shape index (κ3) is 7.87. The van der Waals surface area contributed by atoms with Crippen LogP contribution in [0.3, 0.4) is 0 Å². The molecular weight excluding hydrogens is 435 g/mol. The van der Waals surface area contributed by atoms with Crippen LogP contribution in [-0.4, -0.2) is 39.4 Å². The van der Waals surface area contributed by atoms with Crippen LogP contribution in [0, 0.1) is 5.82 Å². The lowest BCUT2D eigenvalue weighted by Gasteiger charge is -2.22. The summed E-state index contributed by atoms with van der Waals surface area (Å²) < 4.78 is 38.9. The molecule has 0 atom stereocenters. The number of sulfonamides is 1. The summed E-state index contributed by atoms with van der Waals surface area (Å²) in [5.41, 5.74) is 1.05. The smallest absolute Gasteiger partial charge is 0.232 e. The Balaban J connectivity index is 1.71. The van der Waals surface area contributed by atoms with Crippen molar-refractivity contribution in [2.24, 2.45) is 0 Å². The second-order valence-electron chi connectivity index (χ2n) is 6.38. The molecule has 2 rings (SSSR count). The highest BCUT2D eigenvalue weighted by atomic mass is 35.5. The lowest BCUT2D eigenvalue weighted by Crippen LogP contribution is -2.33. The van der Waals surface area contributed by atoms with Gasteiger partial charge in [0.2, 0.25) is 15.9 Å². The number of thioether (sulfide) groups is 1. The molecule has 2 aromatic carbocycles. The van der Waals surface area contributed by atoms with Gasteiger partial charge in [0.05, 0.1) is 11.9 Å². The van der Waals surface area contributed by atoms with E-state index in [0.717, 1.165) is 32.7 Å². The van der Waals surface area contributed by atoms with E-state index >= 15 is 0 Å². The molecular formula is C20H24ClFN2O3S2. The van der Waals surface area contributed by atoms with E-state index in [1.54, 1.807) is 17.8 Å². The summed E-state index contributed by atoms with van der Waals surface area (Å²) in [4.78, 5) is 12.0. The third-order valence-electron chi connectivity index (χ3n) is 4.07. The zero-order valence-corrected chi connectivity index (χ0v) is 18.5. The van der Waals surface area contributed by atoms with Crippen LogP contribution in [0.1, 0.15) is 18.4 Å². The van der Waals surface area contributed by atoms with Crippen molar-refractivity contribution >= 4 is 45.0 Å². The van der Waals surface area contributed by atoms with Crippen molar-refractivity contribution in [1.82, 2.24) is 5.32 Å². The van der Waals surface area contributed by atoms with Gasteiger partial charge in [0.25, 0.3) is 0 Å². The van der Waals surface area contributed by atoms with E-state index in [9.17, 15) is 17.6 Å². The van der Waals surface area contributed by atoms with Gasteiger partial charge in [-0.05, 0) is 30.2 Å². The highest BCUT2D eigenvalue weighted by molar-refractivity contribution is 7.98. The first kappa shape index (κ1) is 23.5. The molecule has 0 saturated heterocycles. The normalized spacial score (nSPS) is 11.3. The first-order chi connectivity index (χ1) is 13.8. The van der Waals surface area contributed by atoms with Gasteiger partial charge in [-0.25, -0.2) is 12.8 Å². The van der Waals surface area contributed by atoms with Gasteiger partial charge in [0, 0.05) is 36.0 Å². The number of hydrogen-bond donors (Lipinski definition) is 1. The molecule has 0 aliphatic heterocycles. The van der Waals surface area contributed by atoms with Crippen molar-refractivity contribution in [3.63, 3.8) is 0 Å². The topological polar surface area (TPSA) is 66.5 Å². The summed E-state index contributed by atoms with van der Waals surface area (Å²) in [7, 11) is -3.65. The summed E-state index contributed by atoms with van der Waals surface area (Å²) in [6.07, 6.45) is 1.48. The quantitative estimate of drug-likeness (QED) is 0.515. The van der Waals surface area contributed by atoms with Gasteiger partial charge in [-0.15, -0.1) is 0 Å². The molecule has 0 spiro atoms. The average Bonchev–Trinajstić information content (AvgIpc) is 2.66. The van der Waals surface area contributed by atoms with Crippen molar-refractivity contribution in [1.29, 1.82) is 0 Å². The Morgan fingerprint density at radius 1 is 1.17 bits per heavy atom. The Bertz CT molecular complexity index is 925. The number of anilines is 1. The lowest BCUT2D eigenvalue weighted by molar-refractivity contribution is -0.121. The summed E-state index contributed by atoms with van der Waals surface area (Å²) in [5, 5.41) is 3.54. The molecule has 29 heavy (non-hydrogen) atoms. The molecule has 0 aromatic heterocycles. The van der Waals surface area contributed by atoms with Crippen LogP contribution in [0.5, 0.6) is 0 Å². The lowest BCUT2D eigenvalue weighted by atomic mass is 10.2. The third-order valence-corrected chi connectivity index (χ3v) is 6.63. The maximum atomic E-state index is 13.9. The highest BCUT2D eigenvalue weighted by Gasteiger charge is 2.20. The van der Waals surface area contributed by atoms with Crippen LogP contribution in [0.4, 0.5) is 10.1 Å². The maximum absolute atomic E-state index is 13.9. The number of rotatable bonds is 11. The van der Waals surface area contributed by atoms with Crippen LogP contribution >= 0.6 is 23.4 Å². The minimum Gasteiger partial charge on any atom is -0.355 e. The number of carbonyl (C=O) groups is 1. The summed E-state index contributed by atoms with van der Waals surface area (Å²) in [6.45, 7) is 0.547.